The van der Waals surface area contributed by atoms with Crippen LogP contribution in [0.3, 0.4) is 0 Å². The first-order valence-corrected chi connectivity index (χ1v) is 5.07. The third-order valence-corrected chi connectivity index (χ3v) is 2.92. The lowest BCUT2D eigenvalue weighted by Crippen LogP contribution is -2.40. The topological polar surface area (TPSA) is 42.6 Å². The van der Waals surface area contributed by atoms with Crippen molar-refractivity contribution in [3.8, 4) is 6.07 Å². The van der Waals surface area contributed by atoms with E-state index < -0.39 is 0 Å². The second-order valence-electron chi connectivity index (χ2n) is 2.81. The molecule has 13 heavy (non-hydrogen) atoms. The normalized spacial score (nSPS) is 21.5. The lowest BCUT2D eigenvalue weighted by Gasteiger charge is -2.29. The lowest BCUT2D eigenvalue weighted by molar-refractivity contribution is 0.233. The summed E-state index contributed by atoms with van der Waals surface area (Å²) >= 11 is 6.72. The molecular weight excluding hydrogens is 208 g/mol. The first kappa shape index (κ1) is 10.8. The Labute approximate surface area is 87.4 Å². The highest BCUT2D eigenvalue weighted by Crippen LogP contribution is 2.14. The first-order valence-electron chi connectivity index (χ1n) is 3.96. The SMILES string of the molecule is CN1CCN(SN=C(Cl)C#N)CC1. The molecule has 0 aliphatic carbocycles. The highest BCUT2D eigenvalue weighted by molar-refractivity contribution is 7.96. The van der Waals surface area contributed by atoms with Crippen LogP contribution in [0.4, 0.5) is 0 Å². The van der Waals surface area contributed by atoms with Crippen molar-refractivity contribution < 1.29 is 0 Å². The van der Waals surface area contributed by atoms with Crippen LogP contribution < -0.4 is 0 Å². The average Bonchev–Trinajstić information content (AvgIpc) is 2.16. The van der Waals surface area contributed by atoms with Crippen LogP contribution in [0.15, 0.2) is 4.40 Å². The number of piperazine rings is 1. The second-order valence-corrected chi connectivity index (χ2v) is 4.03. The van der Waals surface area contributed by atoms with Crippen molar-refractivity contribution in [2.24, 2.45) is 4.40 Å². The van der Waals surface area contributed by atoms with Gasteiger partial charge in [-0.25, -0.2) is 4.31 Å². The summed E-state index contributed by atoms with van der Waals surface area (Å²) in [5.74, 6) is 0. The fraction of sp³-hybridized carbons (Fsp3) is 0.714. The van der Waals surface area contributed by atoms with E-state index in [4.69, 9.17) is 16.9 Å². The fourth-order valence-corrected chi connectivity index (χ4v) is 1.63. The van der Waals surface area contributed by atoms with Gasteiger partial charge < -0.3 is 4.90 Å². The Morgan fingerprint density at radius 2 is 2.08 bits per heavy atom. The van der Waals surface area contributed by atoms with E-state index in [1.54, 1.807) is 6.07 Å². The minimum atomic E-state index is 0.00364. The predicted octanol–water partition coefficient (Wildman–Crippen LogP) is 0.958. The van der Waals surface area contributed by atoms with E-state index in [1.807, 2.05) is 0 Å². The van der Waals surface area contributed by atoms with Crippen molar-refractivity contribution in [2.75, 3.05) is 33.2 Å². The quantitative estimate of drug-likeness (QED) is 0.512. The van der Waals surface area contributed by atoms with Gasteiger partial charge in [0.2, 0.25) is 5.17 Å². The monoisotopic (exact) mass is 218 g/mol. The van der Waals surface area contributed by atoms with Crippen LogP contribution in [0.5, 0.6) is 0 Å². The predicted molar refractivity (Wildman–Crippen MR) is 55.6 cm³/mol. The average molecular weight is 219 g/mol. The second kappa shape index (κ2) is 5.45. The zero-order chi connectivity index (χ0) is 9.68. The molecule has 0 atom stereocenters. The van der Waals surface area contributed by atoms with Gasteiger partial charge in [0.05, 0.1) is 12.1 Å². The molecule has 0 N–H and O–H groups in total. The van der Waals surface area contributed by atoms with Gasteiger partial charge >= 0.3 is 0 Å². The van der Waals surface area contributed by atoms with Crippen molar-refractivity contribution in [1.29, 1.82) is 5.26 Å². The third kappa shape index (κ3) is 3.96. The maximum atomic E-state index is 8.35. The minimum Gasteiger partial charge on any atom is -0.304 e. The van der Waals surface area contributed by atoms with Crippen LogP contribution in [0, 0.1) is 11.3 Å². The number of nitriles is 1. The molecule has 4 nitrogen and oxygen atoms in total. The van der Waals surface area contributed by atoms with E-state index in [0.29, 0.717) is 0 Å². The number of rotatable bonds is 2. The van der Waals surface area contributed by atoms with Crippen molar-refractivity contribution in [2.45, 2.75) is 0 Å². The first-order chi connectivity index (χ1) is 6.22. The van der Waals surface area contributed by atoms with Gasteiger partial charge in [0.15, 0.2) is 0 Å². The molecule has 1 saturated heterocycles. The van der Waals surface area contributed by atoms with E-state index in [9.17, 15) is 0 Å². The van der Waals surface area contributed by atoms with Crippen molar-refractivity contribution in [1.82, 2.24) is 9.21 Å². The fourth-order valence-electron chi connectivity index (χ4n) is 0.984. The molecule has 0 aromatic heterocycles. The molecule has 0 radical (unpaired) electrons. The summed E-state index contributed by atoms with van der Waals surface area (Å²) in [5.41, 5.74) is 0. The zero-order valence-corrected chi connectivity index (χ0v) is 8.98. The smallest absolute Gasteiger partial charge is 0.215 e. The van der Waals surface area contributed by atoms with Gasteiger partial charge in [0.1, 0.15) is 6.07 Å². The molecule has 0 aromatic rings. The van der Waals surface area contributed by atoms with E-state index in [-0.39, 0.29) is 5.17 Å². The molecule has 1 aliphatic rings. The highest BCUT2D eigenvalue weighted by Gasteiger charge is 2.13. The van der Waals surface area contributed by atoms with Gasteiger partial charge in [-0.1, -0.05) is 0 Å². The van der Waals surface area contributed by atoms with E-state index in [1.165, 1.54) is 12.1 Å². The number of likely N-dealkylation sites (N-methyl/N-ethyl adjacent to an activating group) is 1. The van der Waals surface area contributed by atoms with Crippen molar-refractivity contribution in [3.05, 3.63) is 0 Å². The van der Waals surface area contributed by atoms with Gasteiger partial charge in [-0.2, -0.15) is 9.66 Å². The lowest BCUT2D eigenvalue weighted by atomic mass is 10.4. The Kier molecular flexibility index (Phi) is 4.53. The molecule has 0 spiro atoms. The maximum absolute atomic E-state index is 8.35. The number of hydrogen-bond donors (Lipinski definition) is 0. The number of hydrogen-bond acceptors (Lipinski definition) is 5. The maximum Gasteiger partial charge on any atom is 0.215 e. The standard InChI is InChI=1S/C7H11ClN4S/c1-11-2-4-12(5-3-11)13-10-7(8)6-9/h2-5H2,1H3. The summed E-state index contributed by atoms with van der Waals surface area (Å²) in [4.78, 5) is 2.26. The Balaban J connectivity index is 2.28. The summed E-state index contributed by atoms with van der Waals surface area (Å²) < 4.78 is 5.93. The summed E-state index contributed by atoms with van der Waals surface area (Å²) in [6.45, 7) is 3.99. The Bertz CT molecular complexity index is 229. The Morgan fingerprint density at radius 1 is 1.46 bits per heavy atom. The Morgan fingerprint density at radius 3 is 2.62 bits per heavy atom. The molecule has 1 rings (SSSR count). The van der Waals surface area contributed by atoms with Crippen LogP contribution in [-0.4, -0.2) is 47.6 Å². The molecule has 0 bridgehead atoms. The van der Waals surface area contributed by atoms with Crippen LogP contribution >= 0.6 is 23.7 Å². The van der Waals surface area contributed by atoms with Crippen LogP contribution in [0.2, 0.25) is 0 Å². The molecule has 6 heteroatoms. The molecule has 1 aliphatic heterocycles. The van der Waals surface area contributed by atoms with E-state index >= 15 is 0 Å². The summed E-state index contributed by atoms with van der Waals surface area (Å²) in [5, 5.41) is 8.36. The molecule has 0 unspecified atom stereocenters. The Hall–Kier alpha value is -0.280. The van der Waals surface area contributed by atoms with Gasteiger partial charge in [0, 0.05) is 26.2 Å². The van der Waals surface area contributed by atoms with Crippen LogP contribution in [0.25, 0.3) is 0 Å². The molecule has 72 valence electrons. The molecule has 0 aromatic carbocycles. The molecule has 0 saturated carbocycles. The number of nitrogens with zero attached hydrogens (tertiary/aromatic N) is 4. The third-order valence-electron chi connectivity index (χ3n) is 1.79. The van der Waals surface area contributed by atoms with Crippen molar-refractivity contribution >= 4 is 28.9 Å². The van der Waals surface area contributed by atoms with E-state index in [0.717, 1.165) is 26.2 Å². The zero-order valence-electron chi connectivity index (χ0n) is 7.40. The summed E-state index contributed by atoms with van der Waals surface area (Å²) in [7, 11) is 2.09. The summed E-state index contributed by atoms with van der Waals surface area (Å²) in [6, 6.07) is 1.77. The molecule has 1 heterocycles. The number of halogens is 1. The van der Waals surface area contributed by atoms with Gasteiger partial charge in [-0.3, -0.25) is 0 Å². The highest BCUT2D eigenvalue weighted by atomic mass is 35.5. The van der Waals surface area contributed by atoms with E-state index in [2.05, 4.69) is 20.7 Å². The minimum absolute atomic E-state index is 0.00364. The molecular formula is C7H11ClN4S. The van der Waals surface area contributed by atoms with Crippen LogP contribution in [-0.2, 0) is 0 Å². The van der Waals surface area contributed by atoms with Gasteiger partial charge in [-0.15, -0.1) is 0 Å². The van der Waals surface area contributed by atoms with Gasteiger partial charge in [-0.05, 0) is 18.6 Å². The van der Waals surface area contributed by atoms with Crippen LogP contribution in [0.1, 0.15) is 0 Å². The van der Waals surface area contributed by atoms with Crippen molar-refractivity contribution in [3.63, 3.8) is 0 Å². The summed E-state index contributed by atoms with van der Waals surface area (Å²) in [6.07, 6.45) is 0. The molecule has 0 amide bonds. The van der Waals surface area contributed by atoms with Gasteiger partial charge in [0.25, 0.3) is 0 Å². The largest absolute Gasteiger partial charge is 0.304 e. The molecule has 1 fully saturated rings.